The summed E-state index contributed by atoms with van der Waals surface area (Å²) in [4.78, 5) is 26.4. The van der Waals surface area contributed by atoms with Crippen LogP contribution in [0.5, 0.6) is 0 Å². The number of ether oxygens (including phenoxy) is 3. The normalized spacial score (nSPS) is 15.3. The molecule has 0 saturated carbocycles. The first-order valence-electron chi connectivity index (χ1n) is 11.3. The molecule has 3 rings (SSSR count). The summed E-state index contributed by atoms with van der Waals surface area (Å²) in [5, 5.41) is 0. The van der Waals surface area contributed by atoms with Crippen molar-refractivity contribution in [3.05, 3.63) is 71.3 Å². The van der Waals surface area contributed by atoms with Gasteiger partial charge in [0.1, 0.15) is 25.5 Å². The number of alkyl halides is 7. The summed E-state index contributed by atoms with van der Waals surface area (Å²) in [6.45, 7) is 4.04. The molecule has 0 saturated heterocycles. The van der Waals surface area contributed by atoms with E-state index in [-0.39, 0.29) is 31.0 Å². The van der Waals surface area contributed by atoms with Crippen LogP contribution in [0.4, 0.5) is 35.5 Å². The summed E-state index contributed by atoms with van der Waals surface area (Å²) in [7, 11) is 0.693. The van der Waals surface area contributed by atoms with Gasteiger partial charge in [0, 0.05) is 24.1 Å². The number of halogens is 7. The fourth-order valence-electron chi connectivity index (χ4n) is 3.99. The monoisotopic (exact) mass is 561 g/mol. The smallest absolute Gasteiger partial charge is 0.459 e. The van der Waals surface area contributed by atoms with Gasteiger partial charge < -0.3 is 14.2 Å². The molecule has 0 heterocycles. The van der Waals surface area contributed by atoms with Crippen molar-refractivity contribution in [3.8, 4) is 11.1 Å². The number of hydrogen-bond acceptors (Lipinski definition) is 6. The van der Waals surface area contributed by atoms with Gasteiger partial charge in [-0.1, -0.05) is 43.0 Å². The largest absolute Gasteiger partial charge is 0.508 e. The number of hydrogen-bond donors (Lipinski definition) is 0. The van der Waals surface area contributed by atoms with Crippen molar-refractivity contribution < 1.29 is 54.5 Å². The highest BCUT2D eigenvalue weighted by Gasteiger charge is 2.75. The minimum atomic E-state index is -6.51. The number of carbonyl (C=O) groups excluding carboxylic acids is 2. The molecule has 1 atom stereocenters. The van der Waals surface area contributed by atoms with Crippen molar-refractivity contribution >= 4 is 17.8 Å². The second kappa shape index (κ2) is 11.1. The Labute approximate surface area is 218 Å². The van der Waals surface area contributed by atoms with Crippen molar-refractivity contribution in [1.82, 2.24) is 0 Å². The van der Waals surface area contributed by atoms with E-state index in [0.29, 0.717) is 23.7 Å². The molecule has 0 amide bonds. The Hall–Kier alpha value is -3.90. The third-order valence-electron chi connectivity index (χ3n) is 5.85. The molecule has 1 unspecified atom stereocenters. The Balaban J connectivity index is 1.82. The van der Waals surface area contributed by atoms with E-state index >= 15 is 0 Å². The highest BCUT2D eigenvalue weighted by Crippen LogP contribution is 2.49. The Bertz CT molecular complexity index is 1300. The molecule has 210 valence electrons. The van der Waals surface area contributed by atoms with Crippen LogP contribution in [0.1, 0.15) is 29.5 Å². The standard InChI is InChI=1S/C26H22F7NO5/c1-14(2)22(35)37-10-11-38-23(36)39-13-20-17-7-5-4-6-16(17)19-12-15(8-9-18(19)20)21(34-3)24(27,28)25(29,30)26(31,32)33/h4-9,12,20H,1,10-11,13H2,2-3H3/b34-21-. The van der Waals surface area contributed by atoms with E-state index in [1.54, 1.807) is 24.3 Å². The van der Waals surface area contributed by atoms with E-state index < -0.39 is 47.3 Å². The number of benzene rings is 2. The lowest BCUT2D eigenvalue weighted by atomic mass is 9.93. The summed E-state index contributed by atoms with van der Waals surface area (Å²) in [5.41, 5.74) is -0.423. The average molecular weight is 561 g/mol. The van der Waals surface area contributed by atoms with E-state index in [1.165, 1.54) is 13.0 Å². The molecular weight excluding hydrogens is 539 g/mol. The molecule has 1 aliphatic rings. The van der Waals surface area contributed by atoms with Crippen molar-refractivity contribution in [3.63, 3.8) is 0 Å². The van der Waals surface area contributed by atoms with Crippen LogP contribution >= 0.6 is 0 Å². The second-order valence-electron chi connectivity index (χ2n) is 8.49. The number of aliphatic imine (C=N–C) groups is 1. The summed E-state index contributed by atoms with van der Waals surface area (Å²) >= 11 is 0. The maximum atomic E-state index is 14.5. The highest BCUT2D eigenvalue weighted by atomic mass is 19.4. The lowest BCUT2D eigenvalue weighted by Gasteiger charge is -2.29. The quantitative estimate of drug-likeness (QED) is 0.118. The number of fused-ring (bicyclic) bond motifs is 3. The number of nitrogens with zero attached hydrogens (tertiary/aromatic N) is 1. The van der Waals surface area contributed by atoms with E-state index in [4.69, 9.17) is 14.2 Å². The van der Waals surface area contributed by atoms with Crippen LogP contribution in [0.25, 0.3) is 11.1 Å². The minimum Gasteiger partial charge on any atom is -0.459 e. The predicted molar refractivity (Wildman–Crippen MR) is 125 cm³/mol. The summed E-state index contributed by atoms with van der Waals surface area (Å²) in [6, 6.07) is 9.79. The van der Waals surface area contributed by atoms with E-state index in [1.807, 2.05) is 0 Å². The Kier molecular flexibility index (Phi) is 8.42. The predicted octanol–water partition coefficient (Wildman–Crippen LogP) is 6.32. The maximum absolute atomic E-state index is 14.5. The molecule has 0 aromatic heterocycles. The fraction of sp³-hybridized carbons (Fsp3) is 0.346. The topological polar surface area (TPSA) is 74.2 Å². The third kappa shape index (κ3) is 5.76. The molecule has 0 spiro atoms. The Morgan fingerprint density at radius 2 is 1.51 bits per heavy atom. The molecule has 0 radical (unpaired) electrons. The van der Waals surface area contributed by atoms with Gasteiger partial charge in [0.25, 0.3) is 0 Å². The first kappa shape index (κ1) is 29.7. The number of esters is 1. The zero-order valence-corrected chi connectivity index (χ0v) is 20.6. The molecule has 6 nitrogen and oxygen atoms in total. The summed E-state index contributed by atoms with van der Waals surface area (Å²) in [6.07, 6.45) is -7.60. The number of rotatable bonds is 9. The third-order valence-corrected chi connectivity index (χ3v) is 5.85. The first-order chi connectivity index (χ1) is 18.1. The summed E-state index contributed by atoms with van der Waals surface area (Å²) < 4.78 is 109. The van der Waals surface area contributed by atoms with Crippen molar-refractivity contribution in [1.29, 1.82) is 0 Å². The molecule has 39 heavy (non-hydrogen) atoms. The van der Waals surface area contributed by atoms with Crippen molar-refractivity contribution in [2.45, 2.75) is 30.9 Å². The first-order valence-corrected chi connectivity index (χ1v) is 11.3. The molecule has 0 N–H and O–H groups in total. The van der Waals surface area contributed by atoms with Gasteiger partial charge in [0.2, 0.25) is 0 Å². The SMILES string of the molecule is C=C(C)C(=O)OCCOC(=O)OCC1c2ccccc2-c2cc(/C(=N/C)C(F)(F)C(F)(F)C(F)(F)F)ccc21. The zero-order valence-electron chi connectivity index (χ0n) is 20.6. The fourth-order valence-corrected chi connectivity index (χ4v) is 3.99. The highest BCUT2D eigenvalue weighted by molar-refractivity contribution is 6.07. The van der Waals surface area contributed by atoms with Crippen LogP contribution in [-0.4, -0.2) is 62.7 Å². The van der Waals surface area contributed by atoms with Crippen LogP contribution in [0.2, 0.25) is 0 Å². The van der Waals surface area contributed by atoms with Gasteiger partial charge in [0.15, 0.2) is 0 Å². The van der Waals surface area contributed by atoms with Gasteiger partial charge in [-0.05, 0) is 35.2 Å². The molecular formula is C26H22F7NO5. The van der Waals surface area contributed by atoms with E-state index in [2.05, 4.69) is 11.6 Å². The van der Waals surface area contributed by atoms with E-state index in [0.717, 1.165) is 12.1 Å². The van der Waals surface area contributed by atoms with Gasteiger partial charge in [-0.2, -0.15) is 30.7 Å². The number of carbonyl (C=O) groups is 2. The lowest BCUT2D eigenvalue weighted by molar-refractivity contribution is -0.336. The minimum absolute atomic E-state index is 0.161. The molecule has 0 fully saturated rings. The Morgan fingerprint density at radius 1 is 0.897 bits per heavy atom. The molecule has 0 aliphatic heterocycles. The van der Waals surface area contributed by atoms with Crippen LogP contribution < -0.4 is 0 Å². The maximum Gasteiger partial charge on any atom is 0.508 e. The van der Waals surface area contributed by atoms with Crippen molar-refractivity contribution in [2.24, 2.45) is 4.99 Å². The second-order valence-corrected chi connectivity index (χ2v) is 8.49. The molecule has 0 bridgehead atoms. The van der Waals surface area contributed by atoms with Gasteiger partial charge in [-0.15, -0.1) is 0 Å². The molecule has 1 aliphatic carbocycles. The van der Waals surface area contributed by atoms with Gasteiger partial charge in [-0.3, -0.25) is 4.99 Å². The summed E-state index contributed by atoms with van der Waals surface area (Å²) in [5.74, 6) is -13.3. The zero-order chi connectivity index (χ0) is 29.2. The van der Waals surface area contributed by atoms with Crippen LogP contribution in [0.15, 0.2) is 59.6 Å². The molecule has 2 aromatic carbocycles. The van der Waals surface area contributed by atoms with Crippen LogP contribution in [-0.2, 0) is 19.0 Å². The van der Waals surface area contributed by atoms with Gasteiger partial charge in [0.05, 0.1) is 0 Å². The molecule has 13 heteroatoms. The van der Waals surface area contributed by atoms with Crippen LogP contribution in [0, 0.1) is 0 Å². The van der Waals surface area contributed by atoms with Gasteiger partial charge in [-0.25, -0.2) is 9.59 Å². The van der Waals surface area contributed by atoms with Crippen molar-refractivity contribution in [2.75, 3.05) is 26.9 Å². The average Bonchev–Trinajstić information content (AvgIpc) is 3.17. The molecule has 2 aromatic rings. The van der Waals surface area contributed by atoms with Crippen LogP contribution in [0.3, 0.4) is 0 Å². The Morgan fingerprint density at radius 3 is 2.13 bits per heavy atom. The van der Waals surface area contributed by atoms with Gasteiger partial charge >= 0.3 is 30.1 Å². The lowest BCUT2D eigenvalue weighted by Crippen LogP contribution is -2.56. The van der Waals surface area contributed by atoms with E-state index in [9.17, 15) is 40.3 Å².